The highest BCUT2D eigenvalue weighted by molar-refractivity contribution is 9.10. The number of carboxylic acid groups (broad SMARTS) is 1. The van der Waals surface area contributed by atoms with Gasteiger partial charge in [-0.2, -0.15) is 0 Å². The smallest absolute Gasteiger partial charge is 0.303 e. The number of hydrogen-bond acceptors (Lipinski definition) is 3. The number of nitrogens with zero attached hydrogens (tertiary/aromatic N) is 1. The third kappa shape index (κ3) is 3.35. The van der Waals surface area contributed by atoms with Crippen molar-refractivity contribution in [2.75, 3.05) is 7.11 Å². The molecule has 0 aliphatic rings. The number of methoxy groups -OCH3 is 1. The Morgan fingerprint density at radius 1 is 1.53 bits per heavy atom. The molecule has 1 aromatic carbocycles. The van der Waals surface area contributed by atoms with Crippen LogP contribution in [0.5, 0.6) is 5.75 Å². The molecule has 0 bridgehead atoms. The molecule has 1 heterocycles. The van der Waals surface area contributed by atoms with Gasteiger partial charge in [0.05, 0.1) is 29.9 Å². The van der Waals surface area contributed by atoms with Gasteiger partial charge in [-0.15, -0.1) is 0 Å². The lowest BCUT2D eigenvalue weighted by atomic mass is 10.1. The maximum Gasteiger partial charge on any atom is 0.303 e. The molecule has 2 rings (SSSR count). The Labute approximate surface area is 118 Å². The fourth-order valence-corrected chi connectivity index (χ4v) is 2.24. The summed E-state index contributed by atoms with van der Waals surface area (Å²) in [6.07, 6.45) is 2.16. The van der Waals surface area contributed by atoms with Crippen molar-refractivity contribution in [2.24, 2.45) is 0 Å². The van der Waals surface area contributed by atoms with E-state index in [2.05, 4.69) is 25.9 Å². The van der Waals surface area contributed by atoms with E-state index in [1.165, 1.54) is 0 Å². The second kappa shape index (κ2) is 5.88. The number of halogens is 1. The van der Waals surface area contributed by atoms with Gasteiger partial charge in [0.15, 0.2) is 0 Å². The first-order valence-electron chi connectivity index (χ1n) is 5.69. The largest absolute Gasteiger partial charge is 0.496 e. The number of imidazole rings is 1. The van der Waals surface area contributed by atoms with Gasteiger partial charge >= 0.3 is 5.97 Å². The molecule has 0 aliphatic heterocycles. The molecule has 0 unspecified atom stereocenters. The second-order valence-corrected chi connectivity index (χ2v) is 4.84. The van der Waals surface area contributed by atoms with Crippen molar-refractivity contribution in [2.45, 2.75) is 12.8 Å². The Bertz CT molecular complexity index is 595. The molecule has 0 amide bonds. The van der Waals surface area contributed by atoms with E-state index in [1.54, 1.807) is 13.3 Å². The number of rotatable bonds is 5. The summed E-state index contributed by atoms with van der Waals surface area (Å²) in [5.41, 5.74) is 1.81. The SMILES string of the molecule is COc1ccc(-c2cnc(CCC(=O)O)[nH]2)cc1Br. The Hall–Kier alpha value is -1.82. The highest BCUT2D eigenvalue weighted by atomic mass is 79.9. The number of aromatic amines is 1. The normalized spacial score (nSPS) is 10.4. The molecule has 1 aromatic heterocycles. The number of aromatic nitrogens is 2. The molecule has 100 valence electrons. The average molecular weight is 325 g/mol. The van der Waals surface area contributed by atoms with Gasteiger partial charge in [-0.05, 0) is 34.1 Å². The van der Waals surface area contributed by atoms with E-state index in [4.69, 9.17) is 9.84 Å². The Balaban J connectivity index is 2.18. The van der Waals surface area contributed by atoms with Crippen molar-refractivity contribution in [3.63, 3.8) is 0 Å². The molecule has 0 radical (unpaired) electrons. The number of ether oxygens (including phenoxy) is 1. The zero-order valence-electron chi connectivity index (χ0n) is 10.3. The van der Waals surface area contributed by atoms with Crippen LogP contribution in [0.15, 0.2) is 28.9 Å². The summed E-state index contributed by atoms with van der Waals surface area (Å²) in [4.78, 5) is 17.8. The van der Waals surface area contributed by atoms with Crippen molar-refractivity contribution in [1.29, 1.82) is 0 Å². The number of nitrogens with one attached hydrogen (secondary N) is 1. The Morgan fingerprint density at radius 3 is 2.95 bits per heavy atom. The lowest BCUT2D eigenvalue weighted by Gasteiger charge is -2.04. The summed E-state index contributed by atoms with van der Waals surface area (Å²) in [5, 5.41) is 8.63. The lowest BCUT2D eigenvalue weighted by molar-refractivity contribution is -0.137. The highest BCUT2D eigenvalue weighted by Crippen LogP contribution is 2.29. The van der Waals surface area contributed by atoms with Gasteiger partial charge in [0.25, 0.3) is 0 Å². The van der Waals surface area contributed by atoms with E-state index in [0.29, 0.717) is 12.2 Å². The summed E-state index contributed by atoms with van der Waals surface area (Å²) in [6, 6.07) is 5.70. The molecule has 2 N–H and O–H groups in total. The van der Waals surface area contributed by atoms with Crippen LogP contribution in [-0.4, -0.2) is 28.2 Å². The first-order chi connectivity index (χ1) is 9.10. The molecule has 0 saturated carbocycles. The molecule has 5 nitrogen and oxygen atoms in total. The Kier molecular flexibility index (Phi) is 4.21. The number of aliphatic carboxylic acids is 1. The van der Waals surface area contributed by atoms with Crippen LogP contribution in [-0.2, 0) is 11.2 Å². The van der Waals surface area contributed by atoms with Gasteiger partial charge in [0.2, 0.25) is 0 Å². The van der Waals surface area contributed by atoms with E-state index in [-0.39, 0.29) is 6.42 Å². The van der Waals surface area contributed by atoms with Crippen molar-refractivity contribution < 1.29 is 14.6 Å². The number of benzene rings is 1. The summed E-state index contributed by atoms with van der Waals surface area (Å²) >= 11 is 3.42. The van der Waals surface area contributed by atoms with Crippen LogP contribution in [0, 0.1) is 0 Å². The third-order valence-electron chi connectivity index (χ3n) is 2.67. The first-order valence-corrected chi connectivity index (χ1v) is 6.49. The predicted octanol–water partition coefficient (Wildman–Crippen LogP) is 2.87. The van der Waals surface area contributed by atoms with E-state index in [1.807, 2.05) is 18.2 Å². The minimum Gasteiger partial charge on any atom is -0.496 e. The number of carboxylic acids is 1. The van der Waals surface area contributed by atoms with Gasteiger partial charge < -0.3 is 14.8 Å². The molecule has 0 saturated heterocycles. The van der Waals surface area contributed by atoms with E-state index >= 15 is 0 Å². The lowest BCUT2D eigenvalue weighted by Crippen LogP contribution is -1.98. The average Bonchev–Trinajstić information content (AvgIpc) is 2.85. The fraction of sp³-hybridized carbons (Fsp3) is 0.231. The van der Waals surface area contributed by atoms with Gasteiger partial charge in [0, 0.05) is 12.0 Å². The van der Waals surface area contributed by atoms with Crippen LogP contribution in [0.4, 0.5) is 0 Å². The summed E-state index contributed by atoms with van der Waals surface area (Å²) in [7, 11) is 1.61. The fourth-order valence-electron chi connectivity index (χ4n) is 1.70. The van der Waals surface area contributed by atoms with Crippen LogP contribution in [0.3, 0.4) is 0 Å². The number of aryl methyl sites for hydroxylation is 1. The molecule has 2 aromatic rings. The van der Waals surface area contributed by atoms with E-state index in [0.717, 1.165) is 21.5 Å². The van der Waals surface area contributed by atoms with Gasteiger partial charge in [-0.3, -0.25) is 4.79 Å². The third-order valence-corrected chi connectivity index (χ3v) is 3.29. The summed E-state index contributed by atoms with van der Waals surface area (Å²) < 4.78 is 6.02. The molecule has 6 heteroatoms. The first kappa shape index (κ1) is 13.6. The molecule has 0 aliphatic carbocycles. The van der Waals surface area contributed by atoms with E-state index in [9.17, 15) is 4.79 Å². The van der Waals surface area contributed by atoms with Gasteiger partial charge in [0.1, 0.15) is 11.6 Å². The summed E-state index contributed by atoms with van der Waals surface area (Å²) in [6.45, 7) is 0. The van der Waals surface area contributed by atoms with Crippen LogP contribution >= 0.6 is 15.9 Å². The van der Waals surface area contributed by atoms with Gasteiger partial charge in [-0.25, -0.2) is 4.98 Å². The monoisotopic (exact) mass is 324 g/mol. The van der Waals surface area contributed by atoms with Crippen LogP contribution in [0.25, 0.3) is 11.3 Å². The quantitative estimate of drug-likeness (QED) is 0.886. The maximum absolute atomic E-state index is 10.5. The zero-order chi connectivity index (χ0) is 13.8. The van der Waals surface area contributed by atoms with E-state index < -0.39 is 5.97 Å². The van der Waals surface area contributed by atoms with Gasteiger partial charge in [-0.1, -0.05) is 0 Å². The molecule has 19 heavy (non-hydrogen) atoms. The highest BCUT2D eigenvalue weighted by Gasteiger charge is 2.07. The maximum atomic E-state index is 10.5. The zero-order valence-corrected chi connectivity index (χ0v) is 11.9. The number of H-pyrrole nitrogens is 1. The van der Waals surface area contributed by atoms with Crippen molar-refractivity contribution in [3.05, 3.63) is 34.7 Å². The minimum atomic E-state index is -0.829. The molecule has 0 fully saturated rings. The minimum absolute atomic E-state index is 0.0687. The van der Waals surface area contributed by atoms with Crippen LogP contribution < -0.4 is 4.74 Å². The molecule has 0 atom stereocenters. The number of carbonyl (C=O) groups is 1. The second-order valence-electron chi connectivity index (χ2n) is 3.99. The van der Waals surface area contributed by atoms with Crippen LogP contribution in [0.1, 0.15) is 12.2 Å². The van der Waals surface area contributed by atoms with Crippen molar-refractivity contribution in [3.8, 4) is 17.0 Å². The Morgan fingerprint density at radius 2 is 2.32 bits per heavy atom. The van der Waals surface area contributed by atoms with Crippen molar-refractivity contribution >= 4 is 21.9 Å². The predicted molar refractivity (Wildman–Crippen MR) is 74.2 cm³/mol. The van der Waals surface area contributed by atoms with Crippen molar-refractivity contribution in [1.82, 2.24) is 9.97 Å². The standard InChI is InChI=1S/C13H13BrN2O3/c1-19-11-3-2-8(6-9(11)14)10-7-15-12(16-10)4-5-13(17)18/h2-3,6-7H,4-5H2,1H3,(H,15,16)(H,17,18). The summed E-state index contributed by atoms with van der Waals surface area (Å²) in [5.74, 6) is 0.601. The van der Waals surface area contributed by atoms with Crippen LogP contribution in [0.2, 0.25) is 0 Å². The molecule has 0 spiro atoms. The molecular weight excluding hydrogens is 312 g/mol. The topological polar surface area (TPSA) is 75.2 Å². The number of hydrogen-bond donors (Lipinski definition) is 2. The molecular formula is C13H13BrN2O3.